The molecule has 32 heavy (non-hydrogen) atoms. The summed E-state index contributed by atoms with van der Waals surface area (Å²) in [7, 11) is 0. The molecule has 172 valence electrons. The molecular formula is C27H36N2O2S. The predicted molar refractivity (Wildman–Crippen MR) is 133 cm³/mol. The maximum absolute atomic E-state index is 13.5. The van der Waals surface area contributed by atoms with Crippen LogP contribution in [0.5, 0.6) is 0 Å². The van der Waals surface area contributed by atoms with Gasteiger partial charge in [-0.2, -0.15) is 0 Å². The lowest BCUT2D eigenvalue weighted by molar-refractivity contribution is -0.141. The summed E-state index contributed by atoms with van der Waals surface area (Å²) in [5, 5.41) is 2.12. The molecule has 3 rings (SSSR count). The van der Waals surface area contributed by atoms with E-state index in [1.54, 1.807) is 22.3 Å². The van der Waals surface area contributed by atoms with Gasteiger partial charge in [0.05, 0.1) is 6.04 Å². The van der Waals surface area contributed by atoms with Crippen molar-refractivity contribution in [2.75, 3.05) is 19.6 Å². The molecule has 4 nitrogen and oxygen atoms in total. The summed E-state index contributed by atoms with van der Waals surface area (Å²) in [6.07, 6.45) is 2.99. The number of amides is 2. The van der Waals surface area contributed by atoms with Gasteiger partial charge in [0.15, 0.2) is 0 Å². The summed E-state index contributed by atoms with van der Waals surface area (Å²) < 4.78 is 0. The molecule has 0 saturated carbocycles. The highest BCUT2D eigenvalue weighted by Gasteiger charge is 2.34. The lowest BCUT2D eigenvalue weighted by Gasteiger charge is -2.38. The number of hydrogen-bond donors (Lipinski definition) is 0. The van der Waals surface area contributed by atoms with Crippen molar-refractivity contribution in [1.29, 1.82) is 0 Å². The molecule has 2 heterocycles. The van der Waals surface area contributed by atoms with Crippen molar-refractivity contribution < 1.29 is 9.59 Å². The molecule has 2 amide bonds. The third kappa shape index (κ3) is 5.50. The van der Waals surface area contributed by atoms with Gasteiger partial charge in [-0.25, -0.2) is 0 Å². The fourth-order valence-corrected chi connectivity index (χ4v) is 5.16. The maximum atomic E-state index is 13.5. The Kier molecular flexibility index (Phi) is 7.60. The van der Waals surface area contributed by atoms with E-state index in [-0.39, 0.29) is 35.7 Å². The summed E-state index contributed by atoms with van der Waals surface area (Å²) >= 11 is 1.76. The Hall–Kier alpha value is -2.40. The molecule has 0 saturated heterocycles. The zero-order valence-corrected chi connectivity index (χ0v) is 20.9. The van der Waals surface area contributed by atoms with Crippen molar-refractivity contribution in [3.05, 3.63) is 69.9 Å². The molecule has 0 bridgehead atoms. The smallest absolute Gasteiger partial charge is 0.243 e. The molecule has 1 aromatic carbocycles. The lowest BCUT2D eigenvalue weighted by atomic mass is 9.85. The second kappa shape index (κ2) is 10.0. The molecule has 0 spiro atoms. The van der Waals surface area contributed by atoms with Crippen LogP contribution >= 0.6 is 11.3 Å². The molecule has 1 unspecified atom stereocenters. The van der Waals surface area contributed by atoms with Crippen molar-refractivity contribution >= 4 is 23.2 Å². The van der Waals surface area contributed by atoms with Gasteiger partial charge in [0.2, 0.25) is 11.8 Å². The van der Waals surface area contributed by atoms with Gasteiger partial charge in [-0.1, -0.05) is 65.0 Å². The number of thiophene rings is 1. The fraction of sp³-hybridized carbons (Fsp3) is 0.481. The Morgan fingerprint density at radius 1 is 1.22 bits per heavy atom. The number of rotatable bonds is 7. The SMILES string of the molecule is C=CCN(CC(=O)N1CCc2sccc2C1c1ccc(C(C)(C)C)cc1)C(=O)CC(C)C. The van der Waals surface area contributed by atoms with E-state index in [0.29, 0.717) is 19.5 Å². The molecular weight excluding hydrogens is 416 g/mol. The van der Waals surface area contributed by atoms with E-state index in [2.05, 4.69) is 63.1 Å². The van der Waals surface area contributed by atoms with Gasteiger partial charge in [-0.3, -0.25) is 9.59 Å². The van der Waals surface area contributed by atoms with Crippen LogP contribution in [0.15, 0.2) is 48.4 Å². The van der Waals surface area contributed by atoms with Crippen LogP contribution in [0.4, 0.5) is 0 Å². The van der Waals surface area contributed by atoms with Crippen LogP contribution in [-0.2, 0) is 21.4 Å². The highest BCUT2D eigenvalue weighted by molar-refractivity contribution is 7.10. The van der Waals surface area contributed by atoms with Gasteiger partial charge in [0.25, 0.3) is 0 Å². The highest BCUT2D eigenvalue weighted by Crippen LogP contribution is 2.38. The Morgan fingerprint density at radius 3 is 2.50 bits per heavy atom. The van der Waals surface area contributed by atoms with Crippen molar-refractivity contribution in [2.45, 2.75) is 58.9 Å². The standard InChI is InChI=1S/C27H36N2O2S/c1-7-14-28(24(30)17-19(2)3)18-25(31)29-15-12-23-22(13-16-32-23)26(29)20-8-10-21(11-9-20)27(4,5)6/h7-11,13,16,19,26H,1,12,14-15,17-18H2,2-6H3. The van der Waals surface area contributed by atoms with Gasteiger partial charge in [0.1, 0.15) is 6.54 Å². The zero-order chi connectivity index (χ0) is 23.5. The van der Waals surface area contributed by atoms with Crippen LogP contribution in [0, 0.1) is 5.92 Å². The summed E-state index contributed by atoms with van der Waals surface area (Å²) in [5.74, 6) is 0.251. The van der Waals surface area contributed by atoms with Gasteiger partial charge in [0, 0.05) is 24.4 Å². The van der Waals surface area contributed by atoms with Crippen molar-refractivity contribution in [3.8, 4) is 0 Å². The number of nitrogens with zero attached hydrogens (tertiary/aromatic N) is 2. The predicted octanol–water partition coefficient (Wildman–Crippen LogP) is 5.58. The number of carbonyl (C=O) groups is 2. The molecule has 1 atom stereocenters. The van der Waals surface area contributed by atoms with Crippen LogP contribution in [0.1, 0.15) is 68.6 Å². The van der Waals surface area contributed by atoms with E-state index < -0.39 is 0 Å². The van der Waals surface area contributed by atoms with Gasteiger partial charge in [-0.05, 0) is 45.9 Å². The second-order valence-electron chi connectivity index (χ2n) is 10.1. The van der Waals surface area contributed by atoms with E-state index in [0.717, 1.165) is 12.0 Å². The molecule has 1 aromatic heterocycles. The van der Waals surface area contributed by atoms with Gasteiger partial charge in [-0.15, -0.1) is 17.9 Å². The number of benzene rings is 1. The van der Waals surface area contributed by atoms with Crippen molar-refractivity contribution in [3.63, 3.8) is 0 Å². The van der Waals surface area contributed by atoms with Crippen LogP contribution in [0.3, 0.4) is 0 Å². The average Bonchev–Trinajstić information content (AvgIpc) is 3.20. The minimum Gasteiger partial charge on any atom is -0.330 e. The summed E-state index contributed by atoms with van der Waals surface area (Å²) in [4.78, 5) is 31.2. The first-order chi connectivity index (χ1) is 15.1. The summed E-state index contributed by atoms with van der Waals surface area (Å²) in [5.41, 5.74) is 3.68. The summed E-state index contributed by atoms with van der Waals surface area (Å²) in [6.45, 7) is 15.6. The highest BCUT2D eigenvalue weighted by atomic mass is 32.1. The first-order valence-corrected chi connectivity index (χ1v) is 12.3. The lowest BCUT2D eigenvalue weighted by Crippen LogP contribution is -2.47. The van der Waals surface area contributed by atoms with E-state index in [1.807, 2.05) is 18.7 Å². The van der Waals surface area contributed by atoms with E-state index >= 15 is 0 Å². The molecule has 0 fully saturated rings. The second-order valence-corrected chi connectivity index (χ2v) is 11.1. The average molecular weight is 453 g/mol. The molecule has 0 N–H and O–H groups in total. The number of hydrogen-bond acceptors (Lipinski definition) is 3. The van der Waals surface area contributed by atoms with E-state index in [1.165, 1.54) is 16.0 Å². The first-order valence-electron chi connectivity index (χ1n) is 11.5. The normalized spacial score (nSPS) is 16.1. The third-order valence-corrected chi connectivity index (χ3v) is 6.99. The van der Waals surface area contributed by atoms with Crippen LogP contribution in [-0.4, -0.2) is 41.2 Å². The molecule has 2 aromatic rings. The van der Waals surface area contributed by atoms with E-state index in [4.69, 9.17) is 0 Å². The molecule has 0 aliphatic carbocycles. The minimum absolute atomic E-state index is 0.00700. The largest absolute Gasteiger partial charge is 0.330 e. The van der Waals surface area contributed by atoms with E-state index in [9.17, 15) is 9.59 Å². The molecule has 0 radical (unpaired) electrons. The Balaban J connectivity index is 1.89. The van der Waals surface area contributed by atoms with Crippen LogP contribution < -0.4 is 0 Å². The van der Waals surface area contributed by atoms with Crippen LogP contribution in [0.2, 0.25) is 0 Å². The third-order valence-electron chi connectivity index (χ3n) is 5.99. The maximum Gasteiger partial charge on any atom is 0.243 e. The minimum atomic E-state index is -0.114. The number of fused-ring (bicyclic) bond motifs is 1. The quantitative estimate of drug-likeness (QED) is 0.515. The first kappa shape index (κ1) is 24.2. The topological polar surface area (TPSA) is 40.6 Å². The fourth-order valence-electron chi connectivity index (χ4n) is 4.25. The Bertz CT molecular complexity index is 953. The summed E-state index contributed by atoms with van der Waals surface area (Å²) in [6, 6.07) is 10.7. The van der Waals surface area contributed by atoms with Gasteiger partial charge >= 0.3 is 0 Å². The number of carbonyl (C=O) groups excluding carboxylic acids is 2. The molecule has 1 aliphatic rings. The van der Waals surface area contributed by atoms with Crippen molar-refractivity contribution in [1.82, 2.24) is 9.80 Å². The Labute approximate surface area is 196 Å². The van der Waals surface area contributed by atoms with Gasteiger partial charge < -0.3 is 9.80 Å². The molecule has 1 aliphatic heterocycles. The molecule has 5 heteroatoms. The monoisotopic (exact) mass is 452 g/mol. The van der Waals surface area contributed by atoms with Crippen LogP contribution in [0.25, 0.3) is 0 Å². The Morgan fingerprint density at radius 2 is 1.91 bits per heavy atom. The zero-order valence-electron chi connectivity index (χ0n) is 20.1. The van der Waals surface area contributed by atoms with Crippen molar-refractivity contribution in [2.24, 2.45) is 5.92 Å².